The standard InChI is InChI=1S/C24H16BrCl2FN2O3S/c1-32-19-10-14(9-16(25)22(19)33-12-13-4-2-5-15(28)8-13)11-20-23(31)30-24(34-20)29-18-7-3-6-17(26)21(18)27/h2-11H,12H2,1H3,(H,29,30,31)/b20-11+. The van der Waals surface area contributed by atoms with Crippen molar-refractivity contribution >= 4 is 73.7 Å². The molecule has 10 heteroatoms. The fourth-order valence-electron chi connectivity index (χ4n) is 3.07. The molecule has 0 atom stereocenters. The normalized spacial score (nSPS) is 15.6. The molecule has 1 heterocycles. The van der Waals surface area contributed by atoms with Crippen LogP contribution in [0.2, 0.25) is 10.0 Å². The minimum absolute atomic E-state index is 0.164. The van der Waals surface area contributed by atoms with Crippen molar-refractivity contribution in [2.45, 2.75) is 6.61 Å². The number of carbonyl (C=O) groups excluding carboxylic acids is 1. The molecular weight excluding hydrogens is 566 g/mol. The number of hydrogen-bond donors (Lipinski definition) is 1. The van der Waals surface area contributed by atoms with Crippen LogP contribution in [0.1, 0.15) is 11.1 Å². The molecule has 3 aromatic rings. The van der Waals surface area contributed by atoms with Gasteiger partial charge in [-0.1, -0.05) is 41.4 Å². The third kappa shape index (κ3) is 5.75. The van der Waals surface area contributed by atoms with Crippen LogP contribution in [0.5, 0.6) is 11.5 Å². The molecule has 1 amide bonds. The summed E-state index contributed by atoms with van der Waals surface area (Å²) >= 11 is 16.9. The molecule has 0 saturated carbocycles. The minimum Gasteiger partial charge on any atom is -0.493 e. The zero-order valence-corrected chi connectivity index (χ0v) is 21.5. The zero-order chi connectivity index (χ0) is 24.2. The number of benzene rings is 3. The Morgan fingerprint density at radius 1 is 1.18 bits per heavy atom. The highest BCUT2D eigenvalue weighted by Crippen LogP contribution is 2.39. The molecule has 0 aliphatic carbocycles. The van der Waals surface area contributed by atoms with Crippen LogP contribution >= 0.6 is 50.9 Å². The first-order valence-corrected chi connectivity index (χ1v) is 12.2. The van der Waals surface area contributed by atoms with Crippen LogP contribution in [0.25, 0.3) is 6.08 Å². The van der Waals surface area contributed by atoms with E-state index in [-0.39, 0.29) is 18.3 Å². The summed E-state index contributed by atoms with van der Waals surface area (Å²) in [6.07, 6.45) is 1.71. The Morgan fingerprint density at radius 2 is 1.97 bits per heavy atom. The van der Waals surface area contributed by atoms with E-state index < -0.39 is 0 Å². The van der Waals surface area contributed by atoms with E-state index in [0.29, 0.717) is 52.9 Å². The number of methoxy groups -OCH3 is 1. The summed E-state index contributed by atoms with van der Waals surface area (Å²) in [6.45, 7) is 0.164. The molecule has 5 nitrogen and oxygen atoms in total. The van der Waals surface area contributed by atoms with Gasteiger partial charge in [0, 0.05) is 0 Å². The summed E-state index contributed by atoms with van der Waals surface area (Å²) < 4.78 is 25.4. The van der Waals surface area contributed by atoms with Crippen LogP contribution < -0.4 is 14.8 Å². The summed E-state index contributed by atoms with van der Waals surface area (Å²) in [4.78, 5) is 17.3. The lowest BCUT2D eigenvalue weighted by molar-refractivity contribution is -0.115. The predicted octanol–water partition coefficient (Wildman–Crippen LogP) is 7.37. The summed E-state index contributed by atoms with van der Waals surface area (Å²) in [5, 5.41) is 3.80. The van der Waals surface area contributed by atoms with Crippen LogP contribution in [0, 0.1) is 5.82 Å². The number of ether oxygens (including phenoxy) is 2. The topological polar surface area (TPSA) is 59.9 Å². The van der Waals surface area contributed by atoms with Crippen molar-refractivity contribution in [3.63, 3.8) is 0 Å². The first-order valence-electron chi connectivity index (χ1n) is 9.82. The van der Waals surface area contributed by atoms with E-state index in [1.807, 2.05) is 0 Å². The van der Waals surface area contributed by atoms with E-state index in [1.54, 1.807) is 48.5 Å². The van der Waals surface area contributed by atoms with Crippen LogP contribution in [-0.4, -0.2) is 18.2 Å². The number of rotatable bonds is 6. The zero-order valence-electron chi connectivity index (χ0n) is 17.6. The molecule has 0 unspecified atom stereocenters. The van der Waals surface area contributed by atoms with Crippen LogP contribution in [0.15, 0.2) is 69.0 Å². The molecule has 4 rings (SSSR count). The van der Waals surface area contributed by atoms with E-state index in [4.69, 9.17) is 32.7 Å². The quantitative estimate of drug-likeness (QED) is 0.309. The van der Waals surface area contributed by atoms with Gasteiger partial charge in [-0.25, -0.2) is 9.38 Å². The van der Waals surface area contributed by atoms with E-state index >= 15 is 0 Å². The highest BCUT2D eigenvalue weighted by atomic mass is 79.9. The van der Waals surface area contributed by atoms with Gasteiger partial charge in [-0.3, -0.25) is 4.79 Å². The average Bonchev–Trinajstić information content (AvgIpc) is 3.14. The SMILES string of the molecule is COc1cc(/C=C2/SC(=Nc3cccc(Cl)c3Cl)NC2=O)cc(Br)c1OCc1cccc(F)c1. The van der Waals surface area contributed by atoms with Gasteiger partial charge in [0.15, 0.2) is 16.7 Å². The minimum atomic E-state index is -0.331. The maximum Gasteiger partial charge on any atom is 0.264 e. The molecule has 1 saturated heterocycles. The number of halogens is 4. The Balaban J connectivity index is 1.55. The smallest absolute Gasteiger partial charge is 0.264 e. The molecular formula is C24H16BrCl2FN2O3S. The maximum absolute atomic E-state index is 13.4. The number of carbonyl (C=O) groups is 1. The molecule has 1 aliphatic heterocycles. The molecule has 1 fully saturated rings. The van der Waals surface area contributed by atoms with Gasteiger partial charge >= 0.3 is 0 Å². The number of nitrogens with zero attached hydrogens (tertiary/aromatic N) is 1. The van der Waals surface area contributed by atoms with Gasteiger partial charge in [-0.05, 0) is 81.3 Å². The van der Waals surface area contributed by atoms with Crippen molar-refractivity contribution in [3.05, 3.63) is 91.0 Å². The number of nitrogens with one attached hydrogen (secondary N) is 1. The van der Waals surface area contributed by atoms with Gasteiger partial charge in [0.25, 0.3) is 5.91 Å². The van der Waals surface area contributed by atoms with E-state index in [1.165, 1.54) is 31.0 Å². The number of amides is 1. The van der Waals surface area contributed by atoms with Gasteiger partial charge in [0.1, 0.15) is 12.4 Å². The van der Waals surface area contributed by atoms with Crippen LogP contribution in [0.3, 0.4) is 0 Å². The van der Waals surface area contributed by atoms with Crippen molar-refractivity contribution in [2.75, 3.05) is 7.11 Å². The second-order valence-corrected chi connectivity index (χ2v) is 9.68. The molecule has 1 N–H and O–H groups in total. The molecule has 0 radical (unpaired) electrons. The second-order valence-electron chi connectivity index (χ2n) is 7.01. The molecule has 3 aromatic carbocycles. The number of hydrogen-bond acceptors (Lipinski definition) is 5. The van der Waals surface area contributed by atoms with Gasteiger partial charge in [0.05, 0.1) is 32.2 Å². The summed E-state index contributed by atoms with van der Waals surface area (Å²) in [7, 11) is 1.52. The lowest BCUT2D eigenvalue weighted by Gasteiger charge is -2.14. The average molecular weight is 582 g/mol. The summed E-state index contributed by atoms with van der Waals surface area (Å²) in [5.41, 5.74) is 1.86. The highest BCUT2D eigenvalue weighted by Gasteiger charge is 2.24. The first-order chi connectivity index (χ1) is 16.3. The molecule has 0 bridgehead atoms. The Labute approximate surface area is 218 Å². The van der Waals surface area contributed by atoms with Gasteiger partial charge < -0.3 is 14.8 Å². The Kier molecular flexibility index (Phi) is 7.83. The van der Waals surface area contributed by atoms with Crippen LogP contribution in [-0.2, 0) is 11.4 Å². The van der Waals surface area contributed by atoms with Gasteiger partial charge in [-0.15, -0.1) is 0 Å². The summed E-state index contributed by atoms with van der Waals surface area (Å²) in [6, 6.07) is 14.8. The van der Waals surface area contributed by atoms with Crippen molar-refractivity contribution < 1.29 is 18.7 Å². The lowest BCUT2D eigenvalue weighted by atomic mass is 10.2. The molecule has 34 heavy (non-hydrogen) atoms. The van der Waals surface area contributed by atoms with Crippen molar-refractivity contribution in [2.24, 2.45) is 4.99 Å². The number of amidine groups is 1. The molecule has 1 aliphatic rings. The third-order valence-electron chi connectivity index (χ3n) is 4.63. The van der Waals surface area contributed by atoms with E-state index in [9.17, 15) is 9.18 Å². The van der Waals surface area contributed by atoms with E-state index in [0.717, 1.165) is 0 Å². The van der Waals surface area contributed by atoms with Crippen molar-refractivity contribution in [1.82, 2.24) is 5.32 Å². The Hall–Kier alpha value is -2.52. The largest absolute Gasteiger partial charge is 0.493 e. The molecule has 0 aromatic heterocycles. The summed E-state index contributed by atoms with van der Waals surface area (Å²) in [5.74, 6) is 0.307. The Morgan fingerprint density at radius 3 is 2.74 bits per heavy atom. The highest BCUT2D eigenvalue weighted by molar-refractivity contribution is 9.10. The van der Waals surface area contributed by atoms with Gasteiger partial charge in [0.2, 0.25) is 0 Å². The number of thioether (sulfide) groups is 1. The fourth-order valence-corrected chi connectivity index (χ4v) is 4.81. The maximum atomic E-state index is 13.4. The van der Waals surface area contributed by atoms with Crippen molar-refractivity contribution in [1.29, 1.82) is 0 Å². The Bertz CT molecular complexity index is 1330. The van der Waals surface area contributed by atoms with Gasteiger partial charge in [-0.2, -0.15) is 0 Å². The molecule has 174 valence electrons. The predicted molar refractivity (Wildman–Crippen MR) is 139 cm³/mol. The van der Waals surface area contributed by atoms with Crippen molar-refractivity contribution in [3.8, 4) is 11.5 Å². The third-order valence-corrected chi connectivity index (χ3v) is 6.93. The fraction of sp³-hybridized carbons (Fsp3) is 0.0833. The molecule has 0 spiro atoms. The monoisotopic (exact) mass is 580 g/mol. The first kappa shape index (κ1) is 24.6. The second kappa shape index (κ2) is 10.8. The lowest BCUT2D eigenvalue weighted by Crippen LogP contribution is -2.19. The van der Waals surface area contributed by atoms with E-state index in [2.05, 4.69) is 26.2 Å². The van der Waals surface area contributed by atoms with Crippen LogP contribution in [0.4, 0.5) is 10.1 Å². The number of aliphatic imine (C=N–C) groups is 1.